The predicted octanol–water partition coefficient (Wildman–Crippen LogP) is 2.50. The molecule has 126 valence electrons. The Bertz CT molecular complexity index is 472. The second-order valence-corrected chi connectivity index (χ2v) is 6.69. The Morgan fingerprint density at radius 3 is 2.68 bits per heavy atom. The van der Waals surface area contributed by atoms with E-state index in [0.717, 1.165) is 30.5 Å². The van der Waals surface area contributed by atoms with Crippen LogP contribution in [0.3, 0.4) is 0 Å². The fourth-order valence-electron chi connectivity index (χ4n) is 2.85. The van der Waals surface area contributed by atoms with Gasteiger partial charge in [-0.05, 0) is 45.7 Å². The number of amides is 1. The Kier molecular flexibility index (Phi) is 7.76. The number of hydrogen-bond acceptors (Lipinski definition) is 5. The molecule has 2 heterocycles. The molecule has 7 heteroatoms. The van der Waals surface area contributed by atoms with Gasteiger partial charge in [0.2, 0.25) is 5.91 Å². The van der Waals surface area contributed by atoms with E-state index in [2.05, 4.69) is 22.2 Å². The minimum absolute atomic E-state index is 0. The molecule has 1 aliphatic heterocycles. The second kappa shape index (κ2) is 8.82. The van der Waals surface area contributed by atoms with Gasteiger partial charge in [-0.2, -0.15) is 0 Å². The first kappa shape index (κ1) is 19.4. The number of aromatic nitrogens is 1. The van der Waals surface area contributed by atoms with Crippen molar-refractivity contribution in [1.29, 1.82) is 0 Å². The van der Waals surface area contributed by atoms with Gasteiger partial charge in [0.15, 0.2) is 5.13 Å². The van der Waals surface area contributed by atoms with E-state index in [9.17, 15) is 4.79 Å². The van der Waals surface area contributed by atoms with E-state index in [0.29, 0.717) is 18.5 Å². The molecule has 1 aromatic rings. The van der Waals surface area contributed by atoms with Crippen molar-refractivity contribution in [1.82, 2.24) is 9.88 Å². The SMILES string of the molecule is CCN(C(C)=O)c1nc(CN2CCC(C(C)N)CC2)cs1.Cl. The van der Waals surface area contributed by atoms with Gasteiger partial charge < -0.3 is 5.73 Å². The highest BCUT2D eigenvalue weighted by Crippen LogP contribution is 2.24. The first-order valence-corrected chi connectivity index (χ1v) is 8.59. The van der Waals surface area contributed by atoms with Gasteiger partial charge in [0, 0.05) is 31.4 Å². The van der Waals surface area contributed by atoms with Gasteiger partial charge in [-0.15, -0.1) is 23.7 Å². The number of nitrogens with zero attached hydrogens (tertiary/aromatic N) is 3. The van der Waals surface area contributed by atoms with E-state index in [1.54, 1.807) is 23.2 Å². The summed E-state index contributed by atoms with van der Waals surface area (Å²) < 4.78 is 0. The standard InChI is InChI=1S/C15H26N4OS.ClH/c1-4-19(12(3)20)15-17-14(10-21-15)9-18-7-5-13(6-8-18)11(2)16;/h10-11,13H,4-9,16H2,1-3H3;1H. The average Bonchev–Trinajstić information content (AvgIpc) is 2.88. The van der Waals surface area contributed by atoms with Crippen molar-refractivity contribution >= 4 is 34.8 Å². The van der Waals surface area contributed by atoms with E-state index < -0.39 is 0 Å². The van der Waals surface area contributed by atoms with Crippen LogP contribution >= 0.6 is 23.7 Å². The number of hydrogen-bond donors (Lipinski definition) is 1. The van der Waals surface area contributed by atoms with Crippen LogP contribution in [0.1, 0.15) is 39.3 Å². The van der Waals surface area contributed by atoms with Gasteiger partial charge in [-0.25, -0.2) is 4.98 Å². The highest BCUT2D eigenvalue weighted by atomic mass is 35.5. The molecule has 1 aromatic heterocycles. The molecule has 1 aliphatic rings. The average molecular weight is 347 g/mol. The summed E-state index contributed by atoms with van der Waals surface area (Å²) in [6, 6.07) is 0.298. The lowest BCUT2D eigenvalue weighted by Crippen LogP contribution is -2.39. The molecular formula is C15H27ClN4OS. The number of likely N-dealkylation sites (tertiary alicyclic amines) is 1. The molecule has 1 atom stereocenters. The van der Waals surface area contributed by atoms with Crippen LogP contribution in [-0.2, 0) is 11.3 Å². The molecule has 0 aromatic carbocycles. The maximum Gasteiger partial charge on any atom is 0.225 e. The van der Waals surface area contributed by atoms with Crippen LogP contribution in [-0.4, -0.2) is 41.5 Å². The highest BCUT2D eigenvalue weighted by Gasteiger charge is 2.22. The summed E-state index contributed by atoms with van der Waals surface area (Å²) in [4.78, 5) is 20.3. The lowest BCUT2D eigenvalue weighted by molar-refractivity contribution is -0.116. The zero-order chi connectivity index (χ0) is 15.4. The molecule has 2 N–H and O–H groups in total. The minimum atomic E-state index is 0. The summed E-state index contributed by atoms with van der Waals surface area (Å²) >= 11 is 1.55. The van der Waals surface area contributed by atoms with Gasteiger partial charge in [-0.3, -0.25) is 14.6 Å². The van der Waals surface area contributed by atoms with Gasteiger partial charge in [0.05, 0.1) is 5.69 Å². The van der Waals surface area contributed by atoms with Crippen molar-refractivity contribution in [3.05, 3.63) is 11.1 Å². The normalized spacial score (nSPS) is 17.8. The van der Waals surface area contributed by atoms with Gasteiger partial charge >= 0.3 is 0 Å². The molecule has 0 bridgehead atoms. The molecule has 22 heavy (non-hydrogen) atoms. The monoisotopic (exact) mass is 346 g/mol. The van der Waals surface area contributed by atoms with E-state index in [1.807, 2.05) is 6.92 Å². The molecule has 0 spiro atoms. The summed E-state index contributed by atoms with van der Waals surface area (Å²) in [6.07, 6.45) is 2.34. The van der Waals surface area contributed by atoms with Crippen molar-refractivity contribution in [2.75, 3.05) is 24.5 Å². The lowest BCUT2D eigenvalue weighted by atomic mass is 9.91. The first-order valence-electron chi connectivity index (χ1n) is 7.71. The van der Waals surface area contributed by atoms with Crippen LogP contribution in [0.2, 0.25) is 0 Å². The Labute approximate surface area is 143 Å². The first-order chi connectivity index (χ1) is 10.0. The highest BCUT2D eigenvalue weighted by molar-refractivity contribution is 7.14. The number of piperidine rings is 1. The van der Waals surface area contributed by atoms with Crippen molar-refractivity contribution in [2.45, 2.75) is 46.2 Å². The Morgan fingerprint density at radius 1 is 1.55 bits per heavy atom. The summed E-state index contributed by atoms with van der Waals surface area (Å²) in [6.45, 7) is 9.38. The number of halogens is 1. The molecule has 1 saturated heterocycles. The molecule has 5 nitrogen and oxygen atoms in total. The van der Waals surface area contributed by atoms with Gasteiger partial charge in [0.25, 0.3) is 0 Å². The molecule has 1 unspecified atom stereocenters. The van der Waals surface area contributed by atoms with Crippen molar-refractivity contribution in [2.24, 2.45) is 11.7 Å². The number of carbonyl (C=O) groups is 1. The maximum atomic E-state index is 11.5. The van der Waals surface area contributed by atoms with Crippen molar-refractivity contribution in [3.8, 4) is 0 Å². The third-order valence-electron chi connectivity index (χ3n) is 4.23. The molecule has 0 saturated carbocycles. The van der Waals surface area contributed by atoms with E-state index in [-0.39, 0.29) is 18.3 Å². The quantitative estimate of drug-likeness (QED) is 0.889. The number of thiazole rings is 1. The van der Waals surface area contributed by atoms with Crippen LogP contribution < -0.4 is 10.6 Å². The third kappa shape index (κ3) is 4.91. The molecule has 1 amide bonds. The molecule has 0 aliphatic carbocycles. The van der Waals surface area contributed by atoms with Crippen molar-refractivity contribution in [3.63, 3.8) is 0 Å². The molecule has 1 fully saturated rings. The van der Waals surface area contributed by atoms with Crippen LogP contribution in [0.15, 0.2) is 5.38 Å². The predicted molar refractivity (Wildman–Crippen MR) is 94.7 cm³/mol. The fourth-order valence-corrected chi connectivity index (χ4v) is 3.77. The number of nitrogens with two attached hydrogens (primary N) is 1. The number of carbonyl (C=O) groups excluding carboxylic acids is 1. The maximum absolute atomic E-state index is 11.5. The zero-order valence-electron chi connectivity index (χ0n) is 13.6. The Morgan fingerprint density at radius 2 is 2.18 bits per heavy atom. The van der Waals surface area contributed by atoms with E-state index in [4.69, 9.17) is 5.73 Å². The number of rotatable bonds is 5. The summed E-state index contributed by atoms with van der Waals surface area (Å²) in [7, 11) is 0. The third-order valence-corrected chi connectivity index (χ3v) is 5.14. The molecule has 2 rings (SSSR count). The molecular weight excluding hydrogens is 320 g/mol. The van der Waals surface area contributed by atoms with E-state index in [1.165, 1.54) is 12.8 Å². The van der Waals surface area contributed by atoms with Crippen LogP contribution in [0, 0.1) is 5.92 Å². The largest absolute Gasteiger partial charge is 0.328 e. The van der Waals surface area contributed by atoms with Gasteiger partial charge in [-0.1, -0.05) is 0 Å². The lowest BCUT2D eigenvalue weighted by Gasteiger charge is -2.33. The Balaban J connectivity index is 0.00000242. The van der Waals surface area contributed by atoms with Crippen LogP contribution in [0.4, 0.5) is 5.13 Å². The second-order valence-electron chi connectivity index (χ2n) is 5.86. The topological polar surface area (TPSA) is 62.5 Å². The minimum Gasteiger partial charge on any atom is -0.328 e. The van der Waals surface area contributed by atoms with Crippen molar-refractivity contribution < 1.29 is 4.79 Å². The van der Waals surface area contributed by atoms with Gasteiger partial charge in [0.1, 0.15) is 0 Å². The summed E-state index contributed by atoms with van der Waals surface area (Å²) in [5.41, 5.74) is 7.04. The summed E-state index contributed by atoms with van der Waals surface area (Å²) in [5.74, 6) is 0.705. The fraction of sp³-hybridized carbons (Fsp3) is 0.733. The summed E-state index contributed by atoms with van der Waals surface area (Å²) in [5, 5.41) is 2.88. The number of anilines is 1. The Hall–Kier alpha value is -0.690. The van der Waals surface area contributed by atoms with Crippen LogP contribution in [0.25, 0.3) is 0 Å². The zero-order valence-corrected chi connectivity index (χ0v) is 15.3. The molecule has 0 radical (unpaired) electrons. The smallest absolute Gasteiger partial charge is 0.225 e. The van der Waals surface area contributed by atoms with Crippen LogP contribution in [0.5, 0.6) is 0 Å². The van der Waals surface area contributed by atoms with E-state index >= 15 is 0 Å².